The summed E-state index contributed by atoms with van der Waals surface area (Å²) in [7, 11) is 0.867. The zero-order chi connectivity index (χ0) is 31.4. The van der Waals surface area contributed by atoms with Gasteiger partial charge in [0.25, 0.3) is 0 Å². The second kappa shape index (κ2) is 9.64. The summed E-state index contributed by atoms with van der Waals surface area (Å²) in [6.07, 6.45) is 0. The number of para-hydroxylation sites is 1. The standard InChI is InChI=1S/C43H31BN2O/c1-24-12-16-28(17-13-24)45-35-23-39-32(30-10-6-7-11-38(30)47-39)22-31(35)33-21-26(3)40-41-29-9-5-4-8-27(29)15-19-37(41)46-36-18-14-25(2)20-34(36)44-42(33)43(40)46/h4-23,44-45H,1-3H3. The van der Waals surface area contributed by atoms with E-state index in [-0.39, 0.29) is 0 Å². The largest absolute Gasteiger partial charge is 0.456 e. The van der Waals surface area contributed by atoms with Crippen LogP contribution in [0, 0.1) is 20.8 Å². The van der Waals surface area contributed by atoms with Crippen LogP contribution in [0.25, 0.3) is 71.3 Å². The Morgan fingerprint density at radius 1 is 0.617 bits per heavy atom. The van der Waals surface area contributed by atoms with Gasteiger partial charge in [-0.25, -0.2) is 0 Å². The molecule has 0 saturated carbocycles. The molecule has 0 unspecified atom stereocenters. The van der Waals surface area contributed by atoms with Crippen molar-refractivity contribution in [3.8, 4) is 16.8 Å². The van der Waals surface area contributed by atoms with Crippen molar-refractivity contribution < 1.29 is 4.42 Å². The Morgan fingerprint density at radius 2 is 1.40 bits per heavy atom. The summed E-state index contributed by atoms with van der Waals surface area (Å²) in [5.74, 6) is 0. The first kappa shape index (κ1) is 26.5. The highest BCUT2D eigenvalue weighted by molar-refractivity contribution is 6.73. The molecule has 0 bridgehead atoms. The van der Waals surface area contributed by atoms with Crippen molar-refractivity contribution >= 4 is 84.1 Å². The van der Waals surface area contributed by atoms with Gasteiger partial charge < -0.3 is 14.3 Å². The third-order valence-electron chi connectivity index (χ3n) is 10.2. The minimum atomic E-state index is 0.867. The van der Waals surface area contributed by atoms with E-state index in [2.05, 4.69) is 146 Å². The highest BCUT2D eigenvalue weighted by Gasteiger charge is 2.29. The molecule has 10 rings (SSSR count). The Bertz CT molecular complexity index is 2770. The number of nitrogens with zero attached hydrogens (tertiary/aromatic N) is 1. The lowest BCUT2D eigenvalue weighted by molar-refractivity contribution is 0.669. The van der Waals surface area contributed by atoms with Crippen LogP contribution in [0.15, 0.2) is 126 Å². The lowest BCUT2D eigenvalue weighted by Gasteiger charge is -2.25. The zero-order valence-electron chi connectivity index (χ0n) is 26.6. The second-order valence-electron chi connectivity index (χ2n) is 13.3. The number of hydrogen-bond donors (Lipinski definition) is 1. The molecule has 0 aliphatic carbocycles. The molecule has 222 valence electrons. The van der Waals surface area contributed by atoms with Gasteiger partial charge in [-0.1, -0.05) is 95.5 Å². The maximum Gasteiger partial charge on any atom is 0.198 e. The Kier molecular flexibility index (Phi) is 5.43. The van der Waals surface area contributed by atoms with Crippen LogP contribution in [0.3, 0.4) is 0 Å². The molecule has 0 spiro atoms. The summed E-state index contributed by atoms with van der Waals surface area (Å²) in [4.78, 5) is 0. The molecule has 2 aromatic heterocycles. The van der Waals surface area contributed by atoms with E-state index in [1.165, 1.54) is 77.0 Å². The molecule has 0 fully saturated rings. The quantitative estimate of drug-likeness (QED) is 0.204. The second-order valence-corrected chi connectivity index (χ2v) is 13.3. The van der Waals surface area contributed by atoms with Gasteiger partial charge in [-0.2, -0.15) is 0 Å². The maximum absolute atomic E-state index is 6.42. The van der Waals surface area contributed by atoms with Crippen molar-refractivity contribution in [2.75, 3.05) is 5.32 Å². The minimum Gasteiger partial charge on any atom is -0.456 e. The van der Waals surface area contributed by atoms with Crippen LogP contribution in [-0.2, 0) is 0 Å². The number of benzene rings is 7. The first-order valence-electron chi connectivity index (χ1n) is 16.4. The van der Waals surface area contributed by atoms with E-state index in [1.54, 1.807) is 0 Å². The monoisotopic (exact) mass is 602 g/mol. The molecular formula is C43H31BN2O. The average Bonchev–Trinajstić information content (AvgIpc) is 3.63. The smallest absolute Gasteiger partial charge is 0.198 e. The van der Waals surface area contributed by atoms with Crippen LogP contribution in [0.4, 0.5) is 11.4 Å². The van der Waals surface area contributed by atoms with Crippen LogP contribution in [-0.4, -0.2) is 11.8 Å². The van der Waals surface area contributed by atoms with Crippen molar-refractivity contribution in [1.29, 1.82) is 0 Å². The Labute approximate surface area is 273 Å². The fourth-order valence-corrected chi connectivity index (χ4v) is 8.06. The van der Waals surface area contributed by atoms with Gasteiger partial charge in [0.1, 0.15) is 11.2 Å². The molecule has 3 heterocycles. The molecule has 9 aromatic rings. The number of furan rings is 1. The third-order valence-corrected chi connectivity index (χ3v) is 10.2. The number of aromatic nitrogens is 1. The van der Waals surface area contributed by atoms with Gasteiger partial charge in [0.15, 0.2) is 7.28 Å². The van der Waals surface area contributed by atoms with Crippen LogP contribution >= 0.6 is 0 Å². The van der Waals surface area contributed by atoms with Crippen molar-refractivity contribution in [3.05, 3.63) is 138 Å². The van der Waals surface area contributed by atoms with Gasteiger partial charge in [0.05, 0.1) is 11.2 Å². The van der Waals surface area contributed by atoms with E-state index in [4.69, 9.17) is 4.42 Å². The van der Waals surface area contributed by atoms with Gasteiger partial charge in [0.2, 0.25) is 0 Å². The normalized spacial score (nSPS) is 12.3. The summed E-state index contributed by atoms with van der Waals surface area (Å²) >= 11 is 0. The number of aryl methyl sites for hydroxylation is 3. The Morgan fingerprint density at radius 3 is 2.28 bits per heavy atom. The predicted octanol–water partition coefficient (Wildman–Crippen LogP) is 9.87. The van der Waals surface area contributed by atoms with Gasteiger partial charge in [-0.05, 0) is 84.5 Å². The van der Waals surface area contributed by atoms with Crippen molar-refractivity contribution in [2.24, 2.45) is 0 Å². The fourth-order valence-electron chi connectivity index (χ4n) is 8.06. The van der Waals surface area contributed by atoms with Gasteiger partial charge >= 0.3 is 0 Å². The first-order chi connectivity index (χ1) is 23.0. The maximum atomic E-state index is 6.42. The number of nitrogens with one attached hydrogen (secondary N) is 1. The molecule has 4 heteroatoms. The van der Waals surface area contributed by atoms with E-state index in [1.807, 2.05) is 6.07 Å². The van der Waals surface area contributed by atoms with E-state index in [9.17, 15) is 0 Å². The van der Waals surface area contributed by atoms with Crippen LogP contribution in [0.2, 0.25) is 0 Å². The summed E-state index contributed by atoms with van der Waals surface area (Å²) in [6, 6.07) is 44.3. The zero-order valence-corrected chi connectivity index (χ0v) is 26.6. The predicted molar refractivity (Wildman–Crippen MR) is 201 cm³/mol. The summed E-state index contributed by atoms with van der Waals surface area (Å²) in [5, 5.41) is 11.3. The van der Waals surface area contributed by atoms with Crippen LogP contribution in [0.5, 0.6) is 0 Å². The van der Waals surface area contributed by atoms with E-state index in [0.717, 1.165) is 40.6 Å². The molecule has 1 aliphatic rings. The Balaban J connectivity index is 1.35. The minimum absolute atomic E-state index is 0.867. The van der Waals surface area contributed by atoms with E-state index < -0.39 is 0 Å². The molecule has 0 saturated heterocycles. The van der Waals surface area contributed by atoms with Crippen molar-refractivity contribution in [3.63, 3.8) is 0 Å². The number of fused-ring (bicyclic) bond motifs is 10. The molecule has 1 N–H and O–H groups in total. The number of hydrogen-bond acceptors (Lipinski definition) is 2. The summed E-state index contributed by atoms with van der Waals surface area (Å²) in [6.45, 7) is 6.61. The molecular weight excluding hydrogens is 571 g/mol. The number of rotatable bonds is 3. The highest BCUT2D eigenvalue weighted by atomic mass is 16.3. The SMILES string of the molecule is Cc1ccc(Nc2cc3oc4ccccc4c3cc2-c2cc(C)c3c4c5ccccc5ccc4n4c3c2Bc2cc(C)ccc2-4)cc1. The van der Waals surface area contributed by atoms with Gasteiger partial charge in [-0.15, -0.1) is 0 Å². The molecule has 0 radical (unpaired) electrons. The molecule has 47 heavy (non-hydrogen) atoms. The van der Waals surface area contributed by atoms with Gasteiger partial charge in [0, 0.05) is 50.1 Å². The molecule has 0 atom stereocenters. The molecule has 1 aliphatic heterocycles. The van der Waals surface area contributed by atoms with Gasteiger partial charge in [-0.3, -0.25) is 0 Å². The average molecular weight is 603 g/mol. The van der Waals surface area contributed by atoms with Crippen LogP contribution < -0.4 is 16.2 Å². The summed E-state index contributed by atoms with van der Waals surface area (Å²) < 4.78 is 8.96. The van der Waals surface area contributed by atoms with Crippen LogP contribution in [0.1, 0.15) is 16.7 Å². The molecule has 7 aromatic carbocycles. The topological polar surface area (TPSA) is 30.1 Å². The third kappa shape index (κ3) is 3.82. The van der Waals surface area contributed by atoms with E-state index >= 15 is 0 Å². The lowest BCUT2D eigenvalue weighted by atomic mass is 9.58. The molecule has 0 amide bonds. The first-order valence-corrected chi connectivity index (χ1v) is 16.4. The fraction of sp³-hybridized carbons (Fsp3) is 0.0698. The Hall–Kier alpha value is -5.74. The van der Waals surface area contributed by atoms with Crippen molar-refractivity contribution in [1.82, 2.24) is 4.57 Å². The number of anilines is 2. The molecule has 3 nitrogen and oxygen atoms in total. The van der Waals surface area contributed by atoms with E-state index in [0.29, 0.717) is 0 Å². The lowest BCUT2D eigenvalue weighted by Crippen LogP contribution is -2.37. The summed E-state index contributed by atoms with van der Waals surface area (Å²) in [5.41, 5.74) is 16.7. The highest BCUT2D eigenvalue weighted by Crippen LogP contribution is 2.43. The van der Waals surface area contributed by atoms with Crippen molar-refractivity contribution in [2.45, 2.75) is 20.8 Å².